The number of ether oxygens (including phenoxy) is 1. The van der Waals surface area contributed by atoms with Crippen molar-refractivity contribution in [2.45, 2.75) is 0 Å². The van der Waals surface area contributed by atoms with Crippen LogP contribution in [-0.2, 0) is 4.79 Å². The Morgan fingerprint density at radius 3 is 2.58 bits per heavy atom. The number of hydrogen-bond acceptors (Lipinski definition) is 5. The van der Waals surface area contributed by atoms with Crippen molar-refractivity contribution in [1.82, 2.24) is 14.9 Å². The van der Waals surface area contributed by atoms with Crippen LogP contribution in [0.15, 0.2) is 66.9 Å². The SMILES string of the molecule is COc1ccc(Cl)cc1/C=C/C(=O)N1CCN(c2ccnc(-c3ccccc3)n2)CC1. The fourth-order valence-electron chi connectivity index (χ4n) is 3.51. The number of hydrogen-bond donors (Lipinski definition) is 0. The van der Waals surface area contributed by atoms with Gasteiger partial charge in [-0.2, -0.15) is 0 Å². The van der Waals surface area contributed by atoms with Crippen LogP contribution in [0, 0.1) is 0 Å². The van der Waals surface area contributed by atoms with E-state index in [1.165, 1.54) is 0 Å². The molecule has 2 aromatic carbocycles. The Kier molecular flexibility index (Phi) is 6.48. The van der Waals surface area contributed by atoms with Gasteiger partial charge in [-0.15, -0.1) is 0 Å². The van der Waals surface area contributed by atoms with Gasteiger partial charge in [0, 0.05) is 54.6 Å². The number of piperazine rings is 1. The normalized spacial score (nSPS) is 14.1. The minimum absolute atomic E-state index is 0.0330. The molecule has 2 heterocycles. The van der Waals surface area contributed by atoms with Crippen molar-refractivity contribution in [1.29, 1.82) is 0 Å². The molecule has 7 heteroatoms. The molecule has 1 aliphatic rings. The molecule has 6 nitrogen and oxygen atoms in total. The van der Waals surface area contributed by atoms with Gasteiger partial charge >= 0.3 is 0 Å². The molecule has 0 N–H and O–H groups in total. The highest BCUT2D eigenvalue weighted by Crippen LogP contribution is 2.24. The maximum Gasteiger partial charge on any atom is 0.246 e. The summed E-state index contributed by atoms with van der Waals surface area (Å²) in [6, 6.07) is 17.2. The van der Waals surface area contributed by atoms with Gasteiger partial charge in [0.15, 0.2) is 5.82 Å². The van der Waals surface area contributed by atoms with E-state index in [4.69, 9.17) is 21.3 Å². The summed E-state index contributed by atoms with van der Waals surface area (Å²) in [6.07, 6.45) is 5.10. The minimum atomic E-state index is -0.0330. The van der Waals surface area contributed by atoms with Crippen molar-refractivity contribution in [2.75, 3.05) is 38.2 Å². The Balaban J connectivity index is 1.39. The zero-order valence-corrected chi connectivity index (χ0v) is 18.0. The van der Waals surface area contributed by atoms with E-state index in [1.807, 2.05) is 41.3 Å². The second-order valence-electron chi connectivity index (χ2n) is 7.14. The van der Waals surface area contributed by atoms with Crippen LogP contribution in [0.5, 0.6) is 5.75 Å². The molecule has 0 bridgehead atoms. The predicted octanol–water partition coefficient (Wildman–Crippen LogP) is 4.17. The molecule has 1 amide bonds. The third kappa shape index (κ3) is 5.03. The van der Waals surface area contributed by atoms with Crippen LogP contribution >= 0.6 is 11.6 Å². The van der Waals surface area contributed by atoms with E-state index in [2.05, 4.69) is 9.88 Å². The summed E-state index contributed by atoms with van der Waals surface area (Å²) < 4.78 is 5.33. The first-order chi connectivity index (χ1) is 15.1. The Morgan fingerprint density at radius 2 is 1.84 bits per heavy atom. The lowest BCUT2D eigenvalue weighted by Gasteiger charge is -2.35. The van der Waals surface area contributed by atoms with E-state index in [9.17, 15) is 4.79 Å². The monoisotopic (exact) mass is 434 g/mol. The van der Waals surface area contributed by atoms with E-state index in [0.717, 1.165) is 16.9 Å². The van der Waals surface area contributed by atoms with Crippen LogP contribution in [-0.4, -0.2) is 54.1 Å². The lowest BCUT2D eigenvalue weighted by molar-refractivity contribution is -0.126. The number of nitrogens with zero attached hydrogens (tertiary/aromatic N) is 4. The molecule has 0 aliphatic carbocycles. The highest BCUT2D eigenvalue weighted by Gasteiger charge is 2.21. The van der Waals surface area contributed by atoms with Gasteiger partial charge in [-0.25, -0.2) is 9.97 Å². The van der Waals surface area contributed by atoms with E-state index in [0.29, 0.717) is 42.8 Å². The van der Waals surface area contributed by atoms with Gasteiger partial charge in [0.2, 0.25) is 5.91 Å². The lowest BCUT2D eigenvalue weighted by atomic mass is 10.2. The largest absolute Gasteiger partial charge is 0.496 e. The second-order valence-corrected chi connectivity index (χ2v) is 7.57. The third-order valence-electron chi connectivity index (χ3n) is 5.19. The van der Waals surface area contributed by atoms with E-state index in [1.54, 1.807) is 43.7 Å². The molecule has 1 aromatic heterocycles. The summed E-state index contributed by atoms with van der Waals surface area (Å²) in [6.45, 7) is 2.68. The first-order valence-electron chi connectivity index (χ1n) is 10.1. The standard InChI is InChI=1S/C24H23ClN4O2/c1-31-21-9-8-20(25)17-19(21)7-10-23(30)29-15-13-28(14-16-29)22-11-12-26-24(27-22)18-5-3-2-4-6-18/h2-12,17H,13-16H2,1H3/b10-7+. The van der Waals surface area contributed by atoms with Gasteiger partial charge < -0.3 is 14.5 Å². The average molecular weight is 435 g/mol. The van der Waals surface area contributed by atoms with Gasteiger partial charge in [0.1, 0.15) is 11.6 Å². The fraction of sp³-hybridized carbons (Fsp3) is 0.208. The minimum Gasteiger partial charge on any atom is -0.496 e. The van der Waals surface area contributed by atoms with Crippen molar-refractivity contribution in [3.63, 3.8) is 0 Å². The first kappa shape index (κ1) is 20.9. The lowest BCUT2D eigenvalue weighted by Crippen LogP contribution is -2.48. The Bertz CT molecular complexity index is 1080. The second kappa shape index (κ2) is 9.62. The number of amides is 1. The number of methoxy groups -OCH3 is 1. The maximum absolute atomic E-state index is 12.7. The summed E-state index contributed by atoms with van der Waals surface area (Å²) in [5.41, 5.74) is 1.76. The Morgan fingerprint density at radius 1 is 1.06 bits per heavy atom. The number of carbonyl (C=O) groups excluding carboxylic acids is 1. The molecule has 0 unspecified atom stereocenters. The van der Waals surface area contributed by atoms with Crippen molar-refractivity contribution < 1.29 is 9.53 Å². The molecule has 4 rings (SSSR count). The zero-order valence-electron chi connectivity index (χ0n) is 17.2. The highest BCUT2D eigenvalue weighted by molar-refractivity contribution is 6.30. The number of aromatic nitrogens is 2. The van der Waals surface area contributed by atoms with E-state index < -0.39 is 0 Å². The highest BCUT2D eigenvalue weighted by atomic mass is 35.5. The molecule has 0 spiro atoms. The number of anilines is 1. The van der Waals surface area contributed by atoms with Crippen LogP contribution < -0.4 is 9.64 Å². The molecular formula is C24H23ClN4O2. The molecule has 0 atom stereocenters. The van der Waals surface area contributed by atoms with Crippen molar-refractivity contribution in [3.05, 3.63) is 77.5 Å². The summed E-state index contributed by atoms with van der Waals surface area (Å²) in [4.78, 5) is 25.8. The summed E-state index contributed by atoms with van der Waals surface area (Å²) >= 11 is 6.06. The van der Waals surface area contributed by atoms with Crippen molar-refractivity contribution in [2.24, 2.45) is 0 Å². The topological polar surface area (TPSA) is 58.6 Å². The molecule has 1 aliphatic heterocycles. The molecular weight excluding hydrogens is 412 g/mol. The maximum atomic E-state index is 12.7. The van der Waals surface area contributed by atoms with Gasteiger partial charge in [0.05, 0.1) is 7.11 Å². The number of halogens is 1. The van der Waals surface area contributed by atoms with Crippen LogP contribution in [0.4, 0.5) is 5.82 Å². The Hall–Kier alpha value is -3.38. The third-order valence-corrected chi connectivity index (χ3v) is 5.42. The quantitative estimate of drug-likeness (QED) is 0.564. The van der Waals surface area contributed by atoms with Gasteiger partial charge in [-0.05, 0) is 30.3 Å². The average Bonchev–Trinajstić information content (AvgIpc) is 2.83. The van der Waals surface area contributed by atoms with Crippen LogP contribution in [0.25, 0.3) is 17.5 Å². The van der Waals surface area contributed by atoms with Gasteiger partial charge in [-0.1, -0.05) is 41.9 Å². The summed E-state index contributed by atoms with van der Waals surface area (Å²) in [5, 5.41) is 0.598. The fourth-order valence-corrected chi connectivity index (χ4v) is 3.69. The zero-order chi connectivity index (χ0) is 21.6. The Labute approximate surface area is 186 Å². The first-order valence-corrected chi connectivity index (χ1v) is 10.5. The van der Waals surface area contributed by atoms with E-state index >= 15 is 0 Å². The molecule has 31 heavy (non-hydrogen) atoms. The number of carbonyl (C=O) groups is 1. The molecule has 1 saturated heterocycles. The smallest absolute Gasteiger partial charge is 0.246 e. The van der Waals surface area contributed by atoms with Crippen LogP contribution in [0.1, 0.15) is 5.56 Å². The molecule has 1 fully saturated rings. The van der Waals surface area contributed by atoms with Gasteiger partial charge in [0.25, 0.3) is 0 Å². The van der Waals surface area contributed by atoms with E-state index in [-0.39, 0.29) is 5.91 Å². The van der Waals surface area contributed by atoms with Crippen LogP contribution in [0.3, 0.4) is 0 Å². The molecule has 158 valence electrons. The number of rotatable bonds is 5. The number of benzene rings is 2. The van der Waals surface area contributed by atoms with Crippen molar-refractivity contribution >= 4 is 29.4 Å². The summed E-state index contributed by atoms with van der Waals surface area (Å²) in [7, 11) is 1.60. The predicted molar refractivity (Wildman–Crippen MR) is 123 cm³/mol. The molecule has 0 radical (unpaired) electrons. The molecule has 0 saturated carbocycles. The summed E-state index contributed by atoms with van der Waals surface area (Å²) in [5.74, 6) is 2.22. The van der Waals surface area contributed by atoms with Crippen molar-refractivity contribution in [3.8, 4) is 17.1 Å². The van der Waals surface area contributed by atoms with Gasteiger partial charge in [-0.3, -0.25) is 4.79 Å². The molecule has 3 aromatic rings. The van der Waals surface area contributed by atoms with Crippen LogP contribution in [0.2, 0.25) is 5.02 Å².